The van der Waals surface area contributed by atoms with Gasteiger partial charge in [-0.15, -0.1) is 11.3 Å². The summed E-state index contributed by atoms with van der Waals surface area (Å²) in [7, 11) is 0. The fourth-order valence-corrected chi connectivity index (χ4v) is 5.13. The third kappa shape index (κ3) is 3.28. The normalized spacial score (nSPS) is 23.9. The number of aryl methyl sites for hydroxylation is 1. The number of rotatable bonds is 3. The zero-order valence-corrected chi connectivity index (χ0v) is 14.4. The van der Waals surface area contributed by atoms with Gasteiger partial charge < -0.3 is 10.1 Å². The van der Waals surface area contributed by atoms with Crippen LogP contribution in [0, 0.1) is 12.8 Å². The average Bonchev–Trinajstić information content (AvgIpc) is 2.81. The average molecular weight is 359 g/mol. The molecule has 0 aromatic carbocycles. The molecule has 0 radical (unpaired) electrons. The number of nitrogens with one attached hydrogen (secondary N) is 1. The van der Waals surface area contributed by atoms with Crippen LogP contribution < -0.4 is 5.32 Å². The van der Waals surface area contributed by atoms with Crippen molar-refractivity contribution in [2.75, 3.05) is 39.4 Å². The molecule has 1 atom stereocenters. The number of thiophene rings is 1. The van der Waals surface area contributed by atoms with Gasteiger partial charge in [-0.2, -0.15) is 0 Å². The van der Waals surface area contributed by atoms with Crippen molar-refractivity contribution >= 4 is 27.3 Å². The van der Waals surface area contributed by atoms with E-state index in [1.807, 2.05) is 11.3 Å². The summed E-state index contributed by atoms with van der Waals surface area (Å²) in [5.74, 6) is 0.742. The fourth-order valence-electron chi connectivity index (χ4n) is 3.33. The van der Waals surface area contributed by atoms with Gasteiger partial charge in [-0.1, -0.05) is 0 Å². The molecule has 2 fully saturated rings. The zero-order chi connectivity index (χ0) is 13.9. The molecule has 1 aromatic heterocycles. The van der Waals surface area contributed by atoms with E-state index in [2.05, 4.69) is 39.1 Å². The van der Waals surface area contributed by atoms with Crippen molar-refractivity contribution in [1.82, 2.24) is 10.2 Å². The zero-order valence-electron chi connectivity index (χ0n) is 12.0. The number of piperazine rings is 1. The second-order valence-electron chi connectivity index (χ2n) is 5.79. The van der Waals surface area contributed by atoms with Crippen molar-refractivity contribution < 1.29 is 4.74 Å². The third-order valence-corrected chi connectivity index (χ3v) is 6.63. The first kappa shape index (κ1) is 15.0. The molecule has 0 bridgehead atoms. The first-order valence-corrected chi connectivity index (χ1v) is 9.15. The summed E-state index contributed by atoms with van der Waals surface area (Å²) in [6.07, 6.45) is 2.40. The molecule has 2 aliphatic rings. The molecule has 3 rings (SSSR count). The monoisotopic (exact) mass is 358 g/mol. The van der Waals surface area contributed by atoms with E-state index in [1.165, 1.54) is 27.1 Å². The highest BCUT2D eigenvalue weighted by Gasteiger charge is 2.32. The van der Waals surface area contributed by atoms with Crippen molar-refractivity contribution in [3.8, 4) is 0 Å². The minimum Gasteiger partial charge on any atom is -0.381 e. The van der Waals surface area contributed by atoms with Gasteiger partial charge in [-0.3, -0.25) is 4.90 Å². The maximum atomic E-state index is 5.57. The van der Waals surface area contributed by atoms with Crippen LogP contribution in [0.2, 0.25) is 0 Å². The van der Waals surface area contributed by atoms with Crippen LogP contribution in [-0.4, -0.2) is 44.3 Å². The van der Waals surface area contributed by atoms with Crippen molar-refractivity contribution in [2.45, 2.75) is 25.8 Å². The van der Waals surface area contributed by atoms with Crippen molar-refractivity contribution in [3.05, 3.63) is 20.3 Å². The molecule has 5 heteroatoms. The Morgan fingerprint density at radius 1 is 1.35 bits per heavy atom. The third-order valence-electron chi connectivity index (χ3n) is 4.43. The minimum absolute atomic E-state index is 0.580. The van der Waals surface area contributed by atoms with Crippen molar-refractivity contribution in [2.24, 2.45) is 5.92 Å². The first-order chi connectivity index (χ1) is 9.75. The van der Waals surface area contributed by atoms with E-state index in [4.69, 9.17) is 4.74 Å². The molecule has 2 aliphatic heterocycles. The predicted octanol–water partition coefficient (Wildman–Crippen LogP) is 3.19. The summed E-state index contributed by atoms with van der Waals surface area (Å²) in [5.41, 5.74) is 1.37. The maximum absolute atomic E-state index is 5.57. The minimum atomic E-state index is 0.580. The largest absolute Gasteiger partial charge is 0.381 e. The van der Waals surface area contributed by atoms with Crippen LogP contribution in [0.1, 0.15) is 29.3 Å². The Labute approximate surface area is 133 Å². The van der Waals surface area contributed by atoms with Gasteiger partial charge in [0, 0.05) is 50.3 Å². The highest BCUT2D eigenvalue weighted by Crippen LogP contribution is 2.41. The van der Waals surface area contributed by atoms with E-state index < -0.39 is 0 Å². The van der Waals surface area contributed by atoms with Crippen LogP contribution in [0.4, 0.5) is 0 Å². The van der Waals surface area contributed by atoms with Crippen molar-refractivity contribution in [3.63, 3.8) is 0 Å². The second-order valence-corrected chi connectivity index (χ2v) is 8.19. The number of halogens is 1. The van der Waals surface area contributed by atoms with Gasteiger partial charge in [0.2, 0.25) is 0 Å². The molecule has 20 heavy (non-hydrogen) atoms. The molecule has 1 N–H and O–H groups in total. The van der Waals surface area contributed by atoms with Gasteiger partial charge in [0.25, 0.3) is 0 Å². The standard InChI is InChI=1S/C15H23BrN2OS/c1-11-10-13(20-15(11)16)14(12-2-8-19-9-3-12)18-6-4-17-5-7-18/h10,12,14,17H,2-9H2,1H3/t14-/m1/s1. The highest BCUT2D eigenvalue weighted by molar-refractivity contribution is 9.11. The van der Waals surface area contributed by atoms with E-state index in [9.17, 15) is 0 Å². The Morgan fingerprint density at radius 3 is 2.65 bits per heavy atom. The lowest BCUT2D eigenvalue weighted by molar-refractivity contribution is 0.0223. The fraction of sp³-hybridized carbons (Fsp3) is 0.733. The lowest BCUT2D eigenvalue weighted by Crippen LogP contribution is -2.47. The van der Waals surface area contributed by atoms with Gasteiger partial charge in [-0.05, 0) is 53.2 Å². The summed E-state index contributed by atoms with van der Waals surface area (Å²) in [4.78, 5) is 4.22. The lowest BCUT2D eigenvalue weighted by Gasteiger charge is -2.40. The Balaban J connectivity index is 1.85. The molecule has 0 spiro atoms. The number of ether oxygens (including phenoxy) is 1. The van der Waals surface area contributed by atoms with E-state index in [0.717, 1.165) is 45.3 Å². The smallest absolute Gasteiger partial charge is 0.0731 e. The van der Waals surface area contributed by atoms with Crippen LogP contribution in [0.25, 0.3) is 0 Å². The van der Waals surface area contributed by atoms with Crippen LogP contribution in [0.3, 0.4) is 0 Å². The molecule has 2 saturated heterocycles. The Kier molecular flexibility index (Phi) is 5.15. The molecule has 112 valence electrons. The molecule has 0 aliphatic carbocycles. The van der Waals surface area contributed by atoms with Crippen LogP contribution in [0.15, 0.2) is 9.85 Å². The molecular formula is C15H23BrN2OS. The Hall–Kier alpha value is 0.0600. The summed E-state index contributed by atoms with van der Waals surface area (Å²) in [6.45, 7) is 8.62. The van der Waals surface area contributed by atoms with Gasteiger partial charge in [0.1, 0.15) is 0 Å². The number of hydrogen-bond acceptors (Lipinski definition) is 4. The van der Waals surface area contributed by atoms with Crippen molar-refractivity contribution in [1.29, 1.82) is 0 Å². The SMILES string of the molecule is Cc1cc([C@@H](C2CCOCC2)N2CCNCC2)sc1Br. The highest BCUT2D eigenvalue weighted by atomic mass is 79.9. The molecular weight excluding hydrogens is 336 g/mol. The molecule has 0 unspecified atom stereocenters. The number of hydrogen-bond donors (Lipinski definition) is 1. The van der Waals surface area contributed by atoms with Crippen LogP contribution in [0.5, 0.6) is 0 Å². The summed E-state index contributed by atoms with van der Waals surface area (Å²) in [5, 5.41) is 3.47. The van der Waals surface area contributed by atoms with E-state index >= 15 is 0 Å². The Bertz CT molecular complexity index is 402. The maximum Gasteiger partial charge on any atom is 0.0731 e. The molecule has 0 saturated carbocycles. The first-order valence-electron chi connectivity index (χ1n) is 7.54. The molecule has 3 nitrogen and oxygen atoms in total. The molecule has 3 heterocycles. The van der Waals surface area contributed by atoms with Crippen LogP contribution in [-0.2, 0) is 4.74 Å². The van der Waals surface area contributed by atoms with Gasteiger partial charge in [-0.25, -0.2) is 0 Å². The molecule has 0 amide bonds. The number of nitrogens with zero attached hydrogens (tertiary/aromatic N) is 1. The van der Waals surface area contributed by atoms with E-state index in [1.54, 1.807) is 0 Å². The topological polar surface area (TPSA) is 24.5 Å². The second kappa shape index (κ2) is 6.88. The summed E-state index contributed by atoms with van der Waals surface area (Å²) in [6, 6.07) is 2.97. The lowest BCUT2D eigenvalue weighted by atomic mass is 9.89. The van der Waals surface area contributed by atoms with Gasteiger partial charge >= 0.3 is 0 Å². The van der Waals surface area contributed by atoms with E-state index in [0.29, 0.717) is 6.04 Å². The van der Waals surface area contributed by atoms with E-state index in [-0.39, 0.29) is 0 Å². The quantitative estimate of drug-likeness (QED) is 0.897. The van der Waals surface area contributed by atoms with Crippen LogP contribution >= 0.6 is 27.3 Å². The van der Waals surface area contributed by atoms with Gasteiger partial charge in [0.05, 0.1) is 3.79 Å². The summed E-state index contributed by atoms with van der Waals surface area (Å²) >= 11 is 5.62. The molecule has 1 aromatic rings. The predicted molar refractivity (Wildman–Crippen MR) is 87.5 cm³/mol. The Morgan fingerprint density at radius 2 is 2.05 bits per heavy atom. The summed E-state index contributed by atoms with van der Waals surface area (Å²) < 4.78 is 6.86. The van der Waals surface area contributed by atoms with Gasteiger partial charge in [0.15, 0.2) is 0 Å².